The van der Waals surface area contributed by atoms with Gasteiger partial charge >= 0.3 is 0 Å². The van der Waals surface area contributed by atoms with E-state index in [1.165, 1.54) is 12.8 Å². The molecule has 0 bridgehead atoms. The van der Waals surface area contributed by atoms with Gasteiger partial charge in [-0.15, -0.1) is 5.10 Å². The summed E-state index contributed by atoms with van der Waals surface area (Å²) in [5.74, 6) is 1.65. The zero-order valence-electron chi connectivity index (χ0n) is 12.5. The SMILES string of the molecule is Clc1ccccc1N1CCN(c2ccc(C3CC3)nn2)CC1. The zero-order valence-corrected chi connectivity index (χ0v) is 13.2. The summed E-state index contributed by atoms with van der Waals surface area (Å²) in [5.41, 5.74) is 2.28. The molecule has 0 N–H and O–H groups in total. The van der Waals surface area contributed by atoms with Crippen LogP contribution in [0, 0.1) is 0 Å². The van der Waals surface area contributed by atoms with Gasteiger partial charge in [0.05, 0.1) is 16.4 Å². The second-order valence-electron chi connectivity index (χ2n) is 6.02. The Kier molecular flexibility index (Phi) is 3.62. The van der Waals surface area contributed by atoms with Crippen LogP contribution in [0.15, 0.2) is 36.4 Å². The van der Waals surface area contributed by atoms with Gasteiger partial charge in [0.2, 0.25) is 0 Å². The molecule has 1 aromatic carbocycles. The third kappa shape index (κ3) is 2.75. The fourth-order valence-corrected chi connectivity index (χ4v) is 3.24. The van der Waals surface area contributed by atoms with E-state index in [2.05, 4.69) is 38.2 Å². The predicted molar refractivity (Wildman–Crippen MR) is 89.9 cm³/mol. The molecule has 1 aliphatic carbocycles. The molecule has 22 heavy (non-hydrogen) atoms. The van der Waals surface area contributed by atoms with Crippen molar-refractivity contribution in [2.24, 2.45) is 0 Å². The molecule has 0 atom stereocenters. The molecule has 114 valence electrons. The molecule has 1 aliphatic heterocycles. The molecule has 5 heteroatoms. The third-order valence-corrected chi connectivity index (χ3v) is 4.78. The van der Waals surface area contributed by atoms with Crippen LogP contribution in [-0.2, 0) is 0 Å². The van der Waals surface area contributed by atoms with Gasteiger partial charge in [0.1, 0.15) is 0 Å². The second-order valence-corrected chi connectivity index (χ2v) is 6.42. The summed E-state index contributed by atoms with van der Waals surface area (Å²) in [6, 6.07) is 12.3. The summed E-state index contributed by atoms with van der Waals surface area (Å²) in [6.07, 6.45) is 2.54. The Morgan fingerprint density at radius 3 is 2.23 bits per heavy atom. The largest absolute Gasteiger partial charge is 0.367 e. The van der Waals surface area contributed by atoms with Crippen molar-refractivity contribution in [3.63, 3.8) is 0 Å². The van der Waals surface area contributed by atoms with Crippen LogP contribution in [0.2, 0.25) is 5.02 Å². The van der Waals surface area contributed by atoms with E-state index in [0.717, 1.165) is 48.4 Å². The molecule has 2 aliphatic rings. The number of hydrogen-bond donors (Lipinski definition) is 0. The van der Waals surface area contributed by atoms with Crippen molar-refractivity contribution in [2.75, 3.05) is 36.0 Å². The zero-order chi connectivity index (χ0) is 14.9. The number of aromatic nitrogens is 2. The van der Waals surface area contributed by atoms with Crippen LogP contribution in [0.4, 0.5) is 11.5 Å². The van der Waals surface area contributed by atoms with Gasteiger partial charge in [-0.25, -0.2) is 0 Å². The van der Waals surface area contributed by atoms with E-state index in [1.54, 1.807) is 0 Å². The molecule has 1 saturated carbocycles. The standard InChI is InChI=1S/C17H19ClN4/c18-14-3-1-2-4-16(14)21-9-11-22(12-10-21)17-8-7-15(19-20-17)13-5-6-13/h1-4,7-8,13H,5-6,9-12H2. The summed E-state index contributed by atoms with van der Waals surface area (Å²) in [5, 5.41) is 9.61. The molecule has 0 radical (unpaired) electrons. The Bertz CT molecular complexity index is 646. The summed E-state index contributed by atoms with van der Waals surface area (Å²) < 4.78 is 0. The van der Waals surface area contributed by atoms with Crippen LogP contribution in [0.25, 0.3) is 0 Å². The smallest absolute Gasteiger partial charge is 0.151 e. The Morgan fingerprint density at radius 2 is 1.59 bits per heavy atom. The maximum absolute atomic E-state index is 6.29. The first-order chi connectivity index (χ1) is 10.8. The van der Waals surface area contributed by atoms with Crippen LogP contribution in [0.1, 0.15) is 24.5 Å². The number of anilines is 2. The maximum atomic E-state index is 6.29. The van der Waals surface area contributed by atoms with Gasteiger partial charge in [-0.2, -0.15) is 5.10 Å². The number of hydrogen-bond acceptors (Lipinski definition) is 4. The quantitative estimate of drug-likeness (QED) is 0.870. The Hall–Kier alpha value is -1.81. The van der Waals surface area contributed by atoms with Crippen LogP contribution in [-0.4, -0.2) is 36.4 Å². The van der Waals surface area contributed by atoms with E-state index in [4.69, 9.17) is 11.6 Å². The number of rotatable bonds is 3. The van der Waals surface area contributed by atoms with Crippen molar-refractivity contribution >= 4 is 23.1 Å². The molecule has 2 heterocycles. The Labute approximate surface area is 135 Å². The number of para-hydroxylation sites is 1. The average molecular weight is 315 g/mol. The molecule has 2 fully saturated rings. The van der Waals surface area contributed by atoms with Crippen molar-refractivity contribution in [1.29, 1.82) is 0 Å². The van der Waals surface area contributed by atoms with Gasteiger partial charge in [0.25, 0.3) is 0 Å². The lowest BCUT2D eigenvalue weighted by atomic mass is 10.2. The van der Waals surface area contributed by atoms with Gasteiger partial charge in [0, 0.05) is 32.1 Å². The lowest BCUT2D eigenvalue weighted by Gasteiger charge is -2.36. The van der Waals surface area contributed by atoms with Gasteiger partial charge in [-0.3, -0.25) is 0 Å². The highest BCUT2D eigenvalue weighted by atomic mass is 35.5. The normalized spacial score (nSPS) is 18.6. The molecule has 1 aromatic heterocycles. The summed E-state index contributed by atoms with van der Waals surface area (Å²) >= 11 is 6.29. The fraction of sp³-hybridized carbons (Fsp3) is 0.412. The number of halogens is 1. The van der Waals surface area contributed by atoms with Crippen molar-refractivity contribution in [1.82, 2.24) is 10.2 Å². The first kappa shape index (κ1) is 13.8. The molecule has 0 amide bonds. The lowest BCUT2D eigenvalue weighted by molar-refractivity contribution is 0.642. The second kappa shape index (κ2) is 5.76. The maximum Gasteiger partial charge on any atom is 0.151 e. The summed E-state index contributed by atoms with van der Waals surface area (Å²) in [6.45, 7) is 3.80. The molecule has 0 unspecified atom stereocenters. The van der Waals surface area contributed by atoms with Crippen molar-refractivity contribution in [3.05, 3.63) is 47.1 Å². The van der Waals surface area contributed by atoms with Crippen LogP contribution in [0.5, 0.6) is 0 Å². The molecular weight excluding hydrogens is 296 g/mol. The van der Waals surface area contributed by atoms with E-state index in [1.807, 2.05) is 18.2 Å². The highest BCUT2D eigenvalue weighted by Gasteiger charge is 2.26. The van der Waals surface area contributed by atoms with E-state index in [-0.39, 0.29) is 0 Å². The topological polar surface area (TPSA) is 32.3 Å². The van der Waals surface area contributed by atoms with Gasteiger partial charge in [-0.05, 0) is 37.1 Å². The van der Waals surface area contributed by atoms with E-state index < -0.39 is 0 Å². The van der Waals surface area contributed by atoms with Crippen molar-refractivity contribution in [3.8, 4) is 0 Å². The fourth-order valence-electron chi connectivity index (χ4n) is 2.99. The first-order valence-electron chi connectivity index (χ1n) is 7.89. The van der Waals surface area contributed by atoms with Crippen molar-refractivity contribution in [2.45, 2.75) is 18.8 Å². The molecule has 4 nitrogen and oxygen atoms in total. The highest BCUT2D eigenvalue weighted by molar-refractivity contribution is 6.33. The Balaban J connectivity index is 1.42. The molecule has 2 aromatic rings. The third-order valence-electron chi connectivity index (χ3n) is 4.46. The lowest BCUT2D eigenvalue weighted by Crippen LogP contribution is -2.47. The van der Waals surface area contributed by atoms with Crippen molar-refractivity contribution < 1.29 is 0 Å². The Morgan fingerprint density at radius 1 is 0.864 bits per heavy atom. The minimum atomic E-state index is 0.665. The highest BCUT2D eigenvalue weighted by Crippen LogP contribution is 2.38. The van der Waals surface area contributed by atoms with Gasteiger partial charge < -0.3 is 9.80 Å². The predicted octanol–water partition coefficient (Wildman–Crippen LogP) is 3.33. The average Bonchev–Trinajstić information content (AvgIpc) is 3.41. The summed E-state index contributed by atoms with van der Waals surface area (Å²) in [4.78, 5) is 4.64. The van der Waals surface area contributed by atoms with Crippen LogP contribution >= 0.6 is 11.6 Å². The molecule has 0 spiro atoms. The van der Waals surface area contributed by atoms with Crippen LogP contribution in [0.3, 0.4) is 0 Å². The number of benzene rings is 1. The number of nitrogens with zero attached hydrogens (tertiary/aromatic N) is 4. The molecule has 4 rings (SSSR count). The monoisotopic (exact) mass is 314 g/mol. The van der Waals surface area contributed by atoms with E-state index in [0.29, 0.717) is 5.92 Å². The first-order valence-corrected chi connectivity index (χ1v) is 8.27. The van der Waals surface area contributed by atoms with E-state index >= 15 is 0 Å². The van der Waals surface area contributed by atoms with Gasteiger partial charge in [0.15, 0.2) is 5.82 Å². The molecule has 1 saturated heterocycles. The minimum Gasteiger partial charge on any atom is -0.367 e. The van der Waals surface area contributed by atoms with Crippen LogP contribution < -0.4 is 9.80 Å². The number of piperazine rings is 1. The van der Waals surface area contributed by atoms with E-state index in [9.17, 15) is 0 Å². The minimum absolute atomic E-state index is 0.665. The van der Waals surface area contributed by atoms with Gasteiger partial charge in [-0.1, -0.05) is 23.7 Å². The molecular formula is C17H19ClN4. The summed E-state index contributed by atoms with van der Waals surface area (Å²) in [7, 11) is 0.